The molecule has 1 aromatic carbocycles. The molecule has 122 valence electrons. The lowest BCUT2D eigenvalue weighted by atomic mass is 10.1. The van der Waals surface area contributed by atoms with Crippen molar-refractivity contribution in [3.8, 4) is 0 Å². The number of amides is 1. The first-order valence-corrected chi connectivity index (χ1v) is 8.13. The number of carbonyl (C=O) groups excluding carboxylic acids is 1. The van der Waals surface area contributed by atoms with Gasteiger partial charge in [0.05, 0.1) is 6.54 Å². The molecule has 23 heavy (non-hydrogen) atoms. The number of anilines is 1. The average Bonchev–Trinajstić information content (AvgIpc) is 3.30. The summed E-state index contributed by atoms with van der Waals surface area (Å²) in [5.41, 5.74) is 1.23. The largest absolute Gasteiger partial charge is 0.360 e. The van der Waals surface area contributed by atoms with Gasteiger partial charge in [-0.25, -0.2) is 0 Å². The Hall–Kier alpha value is -2.14. The molecule has 0 saturated heterocycles. The first kappa shape index (κ1) is 15.7. The minimum atomic E-state index is -0.0540. The summed E-state index contributed by atoms with van der Waals surface area (Å²) in [6, 6.07) is 12.4. The Morgan fingerprint density at radius 2 is 2.13 bits per heavy atom. The number of rotatable bonds is 7. The van der Waals surface area contributed by atoms with Crippen molar-refractivity contribution in [1.29, 1.82) is 0 Å². The molecule has 1 atom stereocenters. The first-order chi connectivity index (χ1) is 11.1. The number of aryl methyl sites for hydroxylation is 1. The summed E-state index contributed by atoms with van der Waals surface area (Å²) in [5.74, 6) is 1.82. The van der Waals surface area contributed by atoms with Crippen LogP contribution in [-0.4, -0.2) is 28.6 Å². The summed E-state index contributed by atoms with van der Waals surface area (Å²) >= 11 is 0. The van der Waals surface area contributed by atoms with Crippen molar-refractivity contribution in [2.24, 2.45) is 5.92 Å². The van der Waals surface area contributed by atoms with Gasteiger partial charge in [0.15, 0.2) is 5.82 Å². The van der Waals surface area contributed by atoms with E-state index >= 15 is 0 Å². The van der Waals surface area contributed by atoms with E-state index in [0.29, 0.717) is 30.1 Å². The maximum Gasteiger partial charge on any atom is 0.239 e. The van der Waals surface area contributed by atoms with Crippen molar-refractivity contribution in [3.63, 3.8) is 0 Å². The molecule has 3 rings (SSSR count). The zero-order chi connectivity index (χ0) is 16.2. The van der Waals surface area contributed by atoms with Gasteiger partial charge in [0.1, 0.15) is 5.76 Å². The highest BCUT2D eigenvalue weighted by Crippen LogP contribution is 2.35. The Kier molecular flexibility index (Phi) is 4.76. The van der Waals surface area contributed by atoms with E-state index in [0.717, 1.165) is 6.54 Å². The lowest BCUT2D eigenvalue weighted by Gasteiger charge is -2.28. The Morgan fingerprint density at radius 3 is 2.74 bits per heavy atom. The van der Waals surface area contributed by atoms with Gasteiger partial charge in [-0.05, 0) is 38.2 Å². The van der Waals surface area contributed by atoms with Gasteiger partial charge < -0.3 is 9.84 Å². The molecule has 0 bridgehead atoms. The Labute approximate surface area is 136 Å². The van der Waals surface area contributed by atoms with E-state index in [4.69, 9.17) is 4.52 Å². The lowest BCUT2D eigenvalue weighted by molar-refractivity contribution is -0.118. The predicted octanol–water partition coefficient (Wildman–Crippen LogP) is 3.22. The molecule has 0 radical (unpaired) electrons. The fraction of sp³-hybridized carbons (Fsp3) is 0.444. The van der Waals surface area contributed by atoms with Crippen LogP contribution in [0.1, 0.15) is 31.1 Å². The molecular formula is C18H23N3O2. The van der Waals surface area contributed by atoms with E-state index in [1.165, 1.54) is 18.4 Å². The van der Waals surface area contributed by atoms with Crippen LogP contribution in [0.3, 0.4) is 0 Å². The van der Waals surface area contributed by atoms with Crippen molar-refractivity contribution < 1.29 is 9.32 Å². The summed E-state index contributed by atoms with van der Waals surface area (Å²) < 4.78 is 4.98. The van der Waals surface area contributed by atoms with Crippen LogP contribution >= 0.6 is 0 Å². The third-order valence-corrected chi connectivity index (χ3v) is 4.35. The Bertz CT molecular complexity index is 649. The summed E-state index contributed by atoms with van der Waals surface area (Å²) in [6.07, 6.45) is 2.52. The second-order valence-corrected chi connectivity index (χ2v) is 6.34. The summed E-state index contributed by atoms with van der Waals surface area (Å²) in [7, 11) is 0. The van der Waals surface area contributed by atoms with E-state index < -0.39 is 0 Å². The predicted molar refractivity (Wildman–Crippen MR) is 88.9 cm³/mol. The van der Waals surface area contributed by atoms with Crippen LogP contribution in [0.5, 0.6) is 0 Å². The van der Waals surface area contributed by atoms with Crippen LogP contribution in [0.15, 0.2) is 40.9 Å². The van der Waals surface area contributed by atoms with E-state index in [-0.39, 0.29) is 5.91 Å². The molecule has 1 aliphatic carbocycles. The second kappa shape index (κ2) is 6.96. The van der Waals surface area contributed by atoms with E-state index in [9.17, 15) is 4.79 Å². The summed E-state index contributed by atoms with van der Waals surface area (Å²) in [5, 5.41) is 6.62. The minimum Gasteiger partial charge on any atom is -0.360 e. The van der Waals surface area contributed by atoms with Crippen molar-refractivity contribution in [2.45, 2.75) is 39.3 Å². The zero-order valence-electron chi connectivity index (χ0n) is 13.7. The van der Waals surface area contributed by atoms with Gasteiger partial charge in [-0.15, -0.1) is 0 Å². The second-order valence-electron chi connectivity index (χ2n) is 6.34. The van der Waals surface area contributed by atoms with Crippen LogP contribution in [-0.2, 0) is 11.3 Å². The first-order valence-electron chi connectivity index (χ1n) is 8.13. The maximum atomic E-state index is 12.3. The van der Waals surface area contributed by atoms with Crippen molar-refractivity contribution in [2.75, 3.05) is 11.9 Å². The van der Waals surface area contributed by atoms with E-state index in [1.807, 2.05) is 18.2 Å². The highest BCUT2D eigenvalue weighted by Gasteiger charge is 2.32. The van der Waals surface area contributed by atoms with Gasteiger partial charge in [-0.3, -0.25) is 9.69 Å². The molecule has 5 nitrogen and oxygen atoms in total. The zero-order valence-corrected chi connectivity index (χ0v) is 13.7. The molecule has 5 heteroatoms. The number of hydrogen-bond donors (Lipinski definition) is 1. The lowest BCUT2D eigenvalue weighted by Crippen LogP contribution is -2.40. The van der Waals surface area contributed by atoms with Gasteiger partial charge in [0, 0.05) is 18.7 Å². The topological polar surface area (TPSA) is 58.4 Å². The van der Waals surface area contributed by atoms with E-state index in [1.54, 1.807) is 13.0 Å². The number of benzene rings is 1. The highest BCUT2D eigenvalue weighted by atomic mass is 16.5. The number of carbonyl (C=O) groups is 1. The fourth-order valence-electron chi connectivity index (χ4n) is 2.83. The van der Waals surface area contributed by atoms with Crippen LogP contribution in [0.4, 0.5) is 5.82 Å². The Balaban J connectivity index is 1.64. The molecule has 1 heterocycles. The molecular weight excluding hydrogens is 290 g/mol. The van der Waals surface area contributed by atoms with Crippen molar-refractivity contribution >= 4 is 11.7 Å². The molecule has 2 aromatic rings. The highest BCUT2D eigenvalue weighted by molar-refractivity contribution is 5.91. The number of nitrogens with zero attached hydrogens (tertiary/aromatic N) is 2. The molecule has 0 aliphatic heterocycles. The Morgan fingerprint density at radius 1 is 1.39 bits per heavy atom. The smallest absolute Gasteiger partial charge is 0.239 e. The maximum absolute atomic E-state index is 12.3. The van der Waals surface area contributed by atoms with E-state index in [2.05, 4.69) is 34.4 Å². The fourth-order valence-corrected chi connectivity index (χ4v) is 2.83. The van der Waals surface area contributed by atoms with Crippen LogP contribution in [0.2, 0.25) is 0 Å². The van der Waals surface area contributed by atoms with Gasteiger partial charge >= 0.3 is 0 Å². The van der Waals surface area contributed by atoms with Crippen molar-refractivity contribution in [3.05, 3.63) is 47.7 Å². The van der Waals surface area contributed by atoms with Gasteiger partial charge in [-0.1, -0.05) is 35.5 Å². The molecule has 1 fully saturated rings. The molecule has 1 amide bonds. The molecule has 1 aromatic heterocycles. The van der Waals surface area contributed by atoms with Crippen LogP contribution < -0.4 is 5.32 Å². The number of nitrogens with one attached hydrogen (secondary N) is 1. The third-order valence-electron chi connectivity index (χ3n) is 4.35. The van der Waals surface area contributed by atoms with Gasteiger partial charge in [0.2, 0.25) is 5.91 Å². The average molecular weight is 313 g/mol. The molecule has 1 aliphatic rings. The summed E-state index contributed by atoms with van der Waals surface area (Å²) in [6.45, 7) is 5.16. The monoisotopic (exact) mass is 313 g/mol. The molecule has 1 saturated carbocycles. The normalized spacial score (nSPS) is 15.6. The van der Waals surface area contributed by atoms with Crippen LogP contribution in [0, 0.1) is 12.8 Å². The standard InChI is InChI=1S/C18H23N3O2/c1-13-10-17(20-23-13)19-18(22)12-21(14(2)16-8-9-16)11-15-6-4-3-5-7-15/h3-7,10,14,16H,8-9,11-12H2,1-2H3,(H,19,20,22). The van der Waals surface area contributed by atoms with Gasteiger partial charge in [-0.2, -0.15) is 0 Å². The molecule has 1 N–H and O–H groups in total. The third kappa shape index (κ3) is 4.42. The number of aromatic nitrogens is 1. The quantitative estimate of drug-likeness (QED) is 0.852. The van der Waals surface area contributed by atoms with Crippen molar-refractivity contribution in [1.82, 2.24) is 10.1 Å². The summed E-state index contributed by atoms with van der Waals surface area (Å²) in [4.78, 5) is 14.6. The SMILES string of the molecule is Cc1cc(NC(=O)CN(Cc2ccccc2)C(C)C2CC2)no1. The van der Waals surface area contributed by atoms with Gasteiger partial charge in [0.25, 0.3) is 0 Å². The molecule has 0 spiro atoms. The van der Waals surface area contributed by atoms with Crippen LogP contribution in [0.25, 0.3) is 0 Å². The minimum absolute atomic E-state index is 0.0540. The number of hydrogen-bond acceptors (Lipinski definition) is 4. The molecule has 1 unspecified atom stereocenters.